The maximum Gasteiger partial charge on any atom is 0.321 e. The van der Waals surface area contributed by atoms with Gasteiger partial charge in [-0.25, -0.2) is 4.79 Å². The van der Waals surface area contributed by atoms with E-state index in [9.17, 15) is 14.4 Å². The van der Waals surface area contributed by atoms with Crippen LogP contribution in [0.3, 0.4) is 0 Å². The van der Waals surface area contributed by atoms with Crippen LogP contribution in [-0.4, -0.2) is 23.0 Å². The SMILES string of the molecule is CC(C)(CC(=O)NC(=O)NCc1cccc(Cl)c1)C(=O)O. The van der Waals surface area contributed by atoms with E-state index in [4.69, 9.17) is 16.7 Å². The average molecular weight is 313 g/mol. The Labute approximate surface area is 127 Å². The number of imide groups is 1. The Morgan fingerprint density at radius 3 is 2.52 bits per heavy atom. The van der Waals surface area contributed by atoms with Gasteiger partial charge in [-0.3, -0.25) is 14.9 Å². The molecule has 0 bridgehead atoms. The highest BCUT2D eigenvalue weighted by Gasteiger charge is 2.30. The third-order valence-corrected chi connectivity index (χ3v) is 3.01. The first-order valence-corrected chi connectivity index (χ1v) is 6.64. The van der Waals surface area contributed by atoms with Crippen molar-refractivity contribution in [3.63, 3.8) is 0 Å². The van der Waals surface area contributed by atoms with E-state index in [0.717, 1.165) is 5.56 Å². The van der Waals surface area contributed by atoms with E-state index in [-0.39, 0.29) is 13.0 Å². The third-order valence-electron chi connectivity index (χ3n) is 2.78. The molecule has 0 aromatic heterocycles. The number of urea groups is 1. The standard InChI is InChI=1S/C14H17ClN2O4/c1-14(2,12(19)20)7-11(18)17-13(21)16-8-9-4-3-5-10(15)6-9/h3-6H,7-8H2,1-2H3,(H,19,20)(H2,16,17,18,21). The number of carbonyl (C=O) groups is 3. The van der Waals surface area contributed by atoms with Crippen LogP contribution in [0.2, 0.25) is 5.02 Å². The van der Waals surface area contributed by atoms with Gasteiger partial charge in [0.2, 0.25) is 5.91 Å². The molecule has 0 fully saturated rings. The molecular formula is C14H17ClN2O4. The van der Waals surface area contributed by atoms with Crippen molar-refractivity contribution in [2.45, 2.75) is 26.8 Å². The van der Waals surface area contributed by atoms with Crippen LogP contribution in [0, 0.1) is 5.41 Å². The number of halogens is 1. The first kappa shape index (κ1) is 17.0. The fourth-order valence-corrected chi connectivity index (χ4v) is 1.73. The van der Waals surface area contributed by atoms with Crippen molar-refractivity contribution in [3.05, 3.63) is 34.9 Å². The number of rotatable bonds is 5. The summed E-state index contributed by atoms with van der Waals surface area (Å²) >= 11 is 5.81. The Morgan fingerprint density at radius 1 is 1.29 bits per heavy atom. The fourth-order valence-electron chi connectivity index (χ4n) is 1.52. The molecule has 0 saturated carbocycles. The van der Waals surface area contributed by atoms with Gasteiger partial charge in [0.15, 0.2) is 0 Å². The summed E-state index contributed by atoms with van der Waals surface area (Å²) in [5, 5.41) is 14.0. The normalized spacial score (nSPS) is 10.8. The molecule has 0 aliphatic rings. The van der Waals surface area contributed by atoms with E-state index in [2.05, 4.69) is 10.6 Å². The highest BCUT2D eigenvalue weighted by Crippen LogP contribution is 2.19. The van der Waals surface area contributed by atoms with Crippen molar-refractivity contribution in [1.29, 1.82) is 0 Å². The van der Waals surface area contributed by atoms with Crippen LogP contribution in [0.4, 0.5) is 4.79 Å². The summed E-state index contributed by atoms with van der Waals surface area (Å²) in [5.41, 5.74) is -0.437. The maximum atomic E-state index is 11.6. The van der Waals surface area contributed by atoms with Gasteiger partial charge in [0.05, 0.1) is 5.41 Å². The molecule has 3 amide bonds. The zero-order valence-electron chi connectivity index (χ0n) is 11.8. The minimum atomic E-state index is -1.22. The Hall–Kier alpha value is -2.08. The molecule has 7 heteroatoms. The van der Waals surface area contributed by atoms with E-state index in [1.165, 1.54) is 13.8 Å². The quantitative estimate of drug-likeness (QED) is 0.776. The molecule has 1 aromatic carbocycles. The maximum absolute atomic E-state index is 11.6. The lowest BCUT2D eigenvalue weighted by molar-refractivity contribution is -0.149. The van der Waals surface area contributed by atoms with Crippen LogP contribution < -0.4 is 10.6 Å². The molecule has 0 spiro atoms. The van der Waals surface area contributed by atoms with E-state index >= 15 is 0 Å². The van der Waals surface area contributed by atoms with Crippen LogP contribution in [0.1, 0.15) is 25.8 Å². The predicted molar refractivity (Wildman–Crippen MR) is 77.9 cm³/mol. The van der Waals surface area contributed by atoms with Crippen molar-refractivity contribution >= 4 is 29.5 Å². The summed E-state index contributed by atoms with van der Waals surface area (Å²) in [4.78, 5) is 34.0. The smallest absolute Gasteiger partial charge is 0.321 e. The van der Waals surface area contributed by atoms with Crippen molar-refractivity contribution < 1.29 is 19.5 Å². The van der Waals surface area contributed by atoms with Gasteiger partial charge >= 0.3 is 12.0 Å². The summed E-state index contributed by atoms with van der Waals surface area (Å²) in [6, 6.07) is 6.25. The van der Waals surface area contributed by atoms with Gasteiger partial charge in [-0.2, -0.15) is 0 Å². The molecular weight excluding hydrogens is 296 g/mol. The monoisotopic (exact) mass is 312 g/mol. The van der Waals surface area contributed by atoms with Gasteiger partial charge in [0, 0.05) is 18.0 Å². The molecule has 0 unspecified atom stereocenters. The number of aliphatic carboxylic acids is 1. The number of nitrogens with one attached hydrogen (secondary N) is 2. The third kappa shape index (κ3) is 5.83. The van der Waals surface area contributed by atoms with E-state index in [1.807, 2.05) is 0 Å². The highest BCUT2D eigenvalue weighted by atomic mass is 35.5. The molecule has 114 valence electrons. The summed E-state index contributed by atoms with van der Waals surface area (Å²) in [7, 11) is 0. The summed E-state index contributed by atoms with van der Waals surface area (Å²) < 4.78 is 0. The first-order valence-electron chi connectivity index (χ1n) is 6.26. The van der Waals surface area contributed by atoms with Gasteiger partial charge in [-0.05, 0) is 31.5 Å². The van der Waals surface area contributed by atoms with Crippen molar-refractivity contribution in [3.8, 4) is 0 Å². The minimum absolute atomic E-state index is 0.210. The van der Waals surface area contributed by atoms with Gasteiger partial charge < -0.3 is 10.4 Å². The molecule has 0 aliphatic heterocycles. The van der Waals surface area contributed by atoms with E-state index in [0.29, 0.717) is 5.02 Å². The number of amides is 3. The van der Waals surface area contributed by atoms with Crippen LogP contribution >= 0.6 is 11.6 Å². The Kier molecular flexibility index (Phi) is 5.72. The molecule has 6 nitrogen and oxygen atoms in total. The summed E-state index contributed by atoms with van der Waals surface area (Å²) in [6.45, 7) is 3.04. The first-order chi connectivity index (χ1) is 9.70. The zero-order valence-corrected chi connectivity index (χ0v) is 12.5. The lowest BCUT2D eigenvalue weighted by Crippen LogP contribution is -2.41. The van der Waals surface area contributed by atoms with Crippen LogP contribution in [0.15, 0.2) is 24.3 Å². The van der Waals surface area contributed by atoms with Crippen LogP contribution in [0.5, 0.6) is 0 Å². The van der Waals surface area contributed by atoms with Crippen LogP contribution in [0.25, 0.3) is 0 Å². The molecule has 0 radical (unpaired) electrons. The van der Waals surface area contributed by atoms with Gasteiger partial charge in [-0.1, -0.05) is 23.7 Å². The second kappa shape index (κ2) is 7.08. The highest BCUT2D eigenvalue weighted by molar-refractivity contribution is 6.30. The number of carboxylic acid groups (broad SMARTS) is 1. The number of hydrogen-bond donors (Lipinski definition) is 3. The lowest BCUT2D eigenvalue weighted by Gasteiger charge is -2.17. The Balaban J connectivity index is 2.43. The number of carbonyl (C=O) groups excluding carboxylic acids is 2. The van der Waals surface area contributed by atoms with Gasteiger partial charge in [0.25, 0.3) is 0 Å². The van der Waals surface area contributed by atoms with E-state index < -0.39 is 23.3 Å². The Morgan fingerprint density at radius 2 is 1.95 bits per heavy atom. The number of benzene rings is 1. The lowest BCUT2D eigenvalue weighted by atomic mass is 9.89. The number of carboxylic acids is 1. The van der Waals surface area contributed by atoms with Gasteiger partial charge in [-0.15, -0.1) is 0 Å². The zero-order chi connectivity index (χ0) is 16.0. The Bertz CT molecular complexity index is 558. The average Bonchev–Trinajstić information content (AvgIpc) is 2.35. The molecule has 0 saturated heterocycles. The van der Waals surface area contributed by atoms with Crippen molar-refractivity contribution in [1.82, 2.24) is 10.6 Å². The summed E-state index contributed by atoms with van der Waals surface area (Å²) in [6.07, 6.45) is -0.285. The van der Waals surface area contributed by atoms with Crippen LogP contribution in [-0.2, 0) is 16.1 Å². The predicted octanol–water partition coefficient (Wildman–Crippen LogP) is 2.17. The topological polar surface area (TPSA) is 95.5 Å². The van der Waals surface area contributed by atoms with Crippen molar-refractivity contribution in [2.24, 2.45) is 5.41 Å². The molecule has 3 N–H and O–H groups in total. The largest absolute Gasteiger partial charge is 0.481 e. The summed E-state index contributed by atoms with van der Waals surface area (Å²) in [5.74, 6) is -1.75. The van der Waals surface area contributed by atoms with Crippen molar-refractivity contribution in [2.75, 3.05) is 0 Å². The second-order valence-electron chi connectivity index (χ2n) is 5.23. The number of hydrogen-bond acceptors (Lipinski definition) is 3. The molecule has 0 atom stereocenters. The minimum Gasteiger partial charge on any atom is -0.481 e. The second-order valence-corrected chi connectivity index (χ2v) is 5.66. The van der Waals surface area contributed by atoms with Gasteiger partial charge in [0.1, 0.15) is 0 Å². The van der Waals surface area contributed by atoms with E-state index in [1.54, 1.807) is 24.3 Å². The molecule has 0 aliphatic carbocycles. The molecule has 1 rings (SSSR count). The molecule has 21 heavy (non-hydrogen) atoms. The molecule has 0 heterocycles. The molecule has 1 aromatic rings. The fraction of sp³-hybridized carbons (Fsp3) is 0.357.